The van der Waals surface area contributed by atoms with Gasteiger partial charge in [0.15, 0.2) is 0 Å². The first-order chi connectivity index (χ1) is 10.1. The molecule has 0 spiro atoms. The standard InChI is InChI=1S/C18H19ClFN/c19-16-8-7-14(17(20)11-16)10-18(21)15-6-5-12-3-1-2-4-13(12)9-15/h1-4,7-8,11,15,18H,5-6,9-10,21H2. The first-order valence-electron chi connectivity index (χ1n) is 7.40. The molecule has 0 saturated carbocycles. The maximum Gasteiger partial charge on any atom is 0.127 e. The van der Waals surface area contributed by atoms with Crippen LogP contribution in [0.25, 0.3) is 0 Å². The smallest absolute Gasteiger partial charge is 0.127 e. The number of halogens is 2. The lowest BCUT2D eigenvalue weighted by Gasteiger charge is -2.29. The summed E-state index contributed by atoms with van der Waals surface area (Å²) in [5, 5.41) is 0.427. The molecule has 1 nitrogen and oxygen atoms in total. The van der Waals surface area contributed by atoms with E-state index >= 15 is 0 Å². The van der Waals surface area contributed by atoms with Crippen LogP contribution in [-0.4, -0.2) is 6.04 Å². The predicted molar refractivity (Wildman–Crippen MR) is 85.0 cm³/mol. The van der Waals surface area contributed by atoms with E-state index < -0.39 is 0 Å². The fraction of sp³-hybridized carbons (Fsp3) is 0.333. The summed E-state index contributed by atoms with van der Waals surface area (Å²) in [6.07, 6.45) is 3.70. The first kappa shape index (κ1) is 14.6. The number of benzene rings is 2. The molecule has 0 bridgehead atoms. The molecule has 2 aromatic carbocycles. The van der Waals surface area contributed by atoms with Crippen molar-refractivity contribution in [2.24, 2.45) is 11.7 Å². The molecule has 3 heteroatoms. The van der Waals surface area contributed by atoms with E-state index in [-0.39, 0.29) is 11.9 Å². The topological polar surface area (TPSA) is 26.0 Å². The predicted octanol–water partition coefficient (Wildman–Crippen LogP) is 4.15. The number of rotatable bonds is 3. The zero-order valence-corrected chi connectivity index (χ0v) is 12.6. The average Bonchev–Trinajstić information content (AvgIpc) is 2.49. The second-order valence-corrected chi connectivity index (χ2v) is 6.31. The van der Waals surface area contributed by atoms with Crippen molar-refractivity contribution in [3.63, 3.8) is 0 Å². The SMILES string of the molecule is NC(Cc1ccc(Cl)cc1F)C1CCc2ccccc2C1. The van der Waals surface area contributed by atoms with Crippen molar-refractivity contribution < 1.29 is 4.39 Å². The molecule has 2 aromatic rings. The van der Waals surface area contributed by atoms with Crippen molar-refractivity contribution in [3.8, 4) is 0 Å². The van der Waals surface area contributed by atoms with Gasteiger partial charge in [0.25, 0.3) is 0 Å². The van der Waals surface area contributed by atoms with Crippen molar-refractivity contribution in [1.29, 1.82) is 0 Å². The van der Waals surface area contributed by atoms with Crippen molar-refractivity contribution >= 4 is 11.6 Å². The third kappa shape index (κ3) is 3.28. The number of hydrogen-bond acceptors (Lipinski definition) is 1. The summed E-state index contributed by atoms with van der Waals surface area (Å²) in [5.74, 6) is 0.157. The third-order valence-corrected chi connectivity index (χ3v) is 4.70. The molecule has 0 saturated heterocycles. The summed E-state index contributed by atoms with van der Waals surface area (Å²) in [6, 6.07) is 13.3. The second kappa shape index (κ2) is 6.17. The summed E-state index contributed by atoms with van der Waals surface area (Å²) in [5.41, 5.74) is 9.82. The number of aryl methyl sites for hydroxylation is 1. The van der Waals surface area contributed by atoms with Crippen LogP contribution in [0, 0.1) is 11.7 Å². The van der Waals surface area contributed by atoms with Crippen molar-refractivity contribution in [3.05, 3.63) is 70.0 Å². The molecule has 1 aliphatic rings. The minimum atomic E-state index is -0.255. The first-order valence-corrected chi connectivity index (χ1v) is 7.77. The second-order valence-electron chi connectivity index (χ2n) is 5.88. The van der Waals surface area contributed by atoms with Gasteiger partial charge in [0, 0.05) is 11.1 Å². The lowest BCUT2D eigenvalue weighted by molar-refractivity contribution is 0.369. The van der Waals surface area contributed by atoms with Crippen LogP contribution in [0.15, 0.2) is 42.5 Å². The molecule has 3 rings (SSSR count). The van der Waals surface area contributed by atoms with Crippen molar-refractivity contribution in [2.45, 2.75) is 31.7 Å². The molecule has 0 amide bonds. The summed E-state index contributed by atoms with van der Waals surface area (Å²) in [7, 11) is 0. The van der Waals surface area contributed by atoms with Gasteiger partial charge in [-0.05, 0) is 60.4 Å². The lowest BCUT2D eigenvalue weighted by Crippen LogP contribution is -2.36. The van der Waals surface area contributed by atoms with Crippen LogP contribution in [0.2, 0.25) is 5.02 Å². The minimum absolute atomic E-state index is 0.0194. The molecule has 21 heavy (non-hydrogen) atoms. The van der Waals surface area contributed by atoms with Gasteiger partial charge in [-0.1, -0.05) is 41.9 Å². The van der Waals surface area contributed by atoms with E-state index in [0.717, 1.165) is 19.3 Å². The van der Waals surface area contributed by atoms with E-state index in [1.165, 1.54) is 17.2 Å². The van der Waals surface area contributed by atoms with Crippen LogP contribution in [0.3, 0.4) is 0 Å². The normalized spacial score (nSPS) is 19.1. The molecule has 2 atom stereocenters. The van der Waals surface area contributed by atoms with Crippen LogP contribution >= 0.6 is 11.6 Å². The fourth-order valence-electron chi connectivity index (χ4n) is 3.20. The fourth-order valence-corrected chi connectivity index (χ4v) is 3.36. The number of fused-ring (bicyclic) bond motifs is 1. The average molecular weight is 304 g/mol. The van der Waals surface area contributed by atoms with Crippen LogP contribution in [0.5, 0.6) is 0 Å². The Balaban J connectivity index is 1.70. The van der Waals surface area contributed by atoms with E-state index in [1.807, 2.05) is 0 Å². The Morgan fingerprint density at radius 3 is 2.71 bits per heavy atom. The molecule has 1 aliphatic carbocycles. The molecule has 0 fully saturated rings. The van der Waals surface area contributed by atoms with Crippen LogP contribution in [-0.2, 0) is 19.3 Å². The molecule has 0 radical (unpaired) electrons. The summed E-state index contributed by atoms with van der Waals surface area (Å²) in [4.78, 5) is 0. The van der Waals surface area contributed by atoms with Crippen molar-refractivity contribution in [1.82, 2.24) is 0 Å². The van der Waals surface area contributed by atoms with Gasteiger partial charge in [0.05, 0.1) is 0 Å². The monoisotopic (exact) mass is 303 g/mol. The number of hydrogen-bond donors (Lipinski definition) is 1. The van der Waals surface area contributed by atoms with Gasteiger partial charge in [0.1, 0.15) is 5.82 Å². The maximum absolute atomic E-state index is 13.9. The van der Waals surface area contributed by atoms with Gasteiger partial charge in [0.2, 0.25) is 0 Å². The Bertz CT molecular complexity index is 641. The van der Waals surface area contributed by atoms with E-state index in [1.54, 1.807) is 12.1 Å². The highest BCUT2D eigenvalue weighted by Crippen LogP contribution is 2.28. The van der Waals surface area contributed by atoms with Gasteiger partial charge >= 0.3 is 0 Å². The Hall–Kier alpha value is -1.38. The third-order valence-electron chi connectivity index (χ3n) is 4.46. The van der Waals surface area contributed by atoms with Crippen LogP contribution in [0.1, 0.15) is 23.1 Å². The summed E-state index contributed by atoms with van der Waals surface area (Å²) < 4.78 is 13.9. The summed E-state index contributed by atoms with van der Waals surface area (Å²) in [6.45, 7) is 0. The van der Waals surface area contributed by atoms with E-state index in [2.05, 4.69) is 24.3 Å². The minimum Gasteiger partial charge on any atom is -0.327 e. The Morgan fingerprint density at radius 2 is 1.95 bits per heavy atom. The van der Waals surface area contributed by atoms with Gasteiger partial charge in [-0.25, -0.2) is 4.39 Å². The maximum atomic E-state index is 13.9. The molecular weight excluding hydrogens is 285 g/mol. The molecular formula is C18H19ClFN. The molecule has 2 N–H and O–H groups in total. The molecule has 110 valence electrons. The zero-order chi connectivity index (χ0) is 14.8. The number of nitrogens with two attached hydrogens (primary N) is 1. The molecule has 2 unspecified atom stereocenters. The lowest BCUT2D eigenvalue weighted by atomic mass is 9.79. The molecule has 0 aromatic heterocycles. The van der Waals surface area contributed by atoms with Crippen LogP contribution in [0.4, 0.5) is 4.39 Å². The highest BCUT2D eigenvalue weighted by Gasteiger charge is 2.24. The zero-order valence-electron chi connectivity index (χ0n) is 11.9. The van der Waals surface area contributed by atoms with Crippen molar-refractivity contribution in [2.75, 3.05) is 0 Å². The van der Waals surface area contributed by atoms with Gasteiger partial charge in [-0.3, -0.25) is 0 Å². The highest BCUT2D eigenvalue weighted by molar-refractivity contribution is 6.30. The van der Waals surface area contributed by atoms with E-state index in [4.69, 9.17) is 17.3 Å². The molecule has 0 aliphatic heterocycles. The Morgan fingerprint density at radius 1 is 1.19 bits per heavy atom. The van der Waals surface area contributed by atoms with E-state index in [9.17, 15) is 4.39 Å². The largest absolute Gasteiger partial charge is 0.327 e. The van der Waals surface area contributed by atoms with Gasteiger partial charge < -0.3 is 5.73 Å². The van der Waals surface area contributed by atoms with Gasteiger partial charge in [-0.15, -0.1) is 0 Å². The Labute approximate surface area is 129 Å². The highest BCUT2D eigenvalue weighted by atomic mass is 35.5. The van der Waals surface area contributed by atoms with Crippen LogP contribution < -0.4 is 5.73 Å². The Kier molecular flexibility index (Phi) is 4.27. The molecule has 0 heterocycles. The van der Waals surface area contributed by atoms with E-state index in [0.29, 0.717) is 22.9 Å². The quantitative estimate of drug-likeness (QED) is 0.905. The van der Waals surface area contributed by atoms with Gasteiger partial charge in [-0.2, -0.15) is 0 Å². The summed E-state index contributed by atoms with van der Waals surface area (Å²) >= 11 is 5.79.